The largest absolute Gasteiger partial charge is 0.395 e. The molecule has 11 heteroatoms. The smallest absolute Gasteiger partial charge is 0.250 e. The number of aliphatic hydroxyl groups is 1. The minimum Gasteiger partial charge on any atom is -0.395 e. The number of hydrogen-bond acceptors (Lipinski definition) is 7. The van der Waals surface area contributed by atoms with Gasteiger partial charge in [-0.05, 0) is 24.3 Å². The first-order valence-corrected chi connectivity index (χ1v) is 13.4. The summed E-state index contributed by atoms with van der Waals surface area (Å²) in [5.74, 6) is -2.66. The molecule has 0 radical (unpaired) electrons. The van der Waals surface area contributed by atoms with Crippen molar-refractivity contribution in [3.8, 4) is 0 Å². The minimum atomic E-state index is -1.35. The van der Waals surface area contributed by atoms with E-state index in [2.05, 4.69) is 10.3 Å². The number of hydrogen-bond donors (Lipinski definition) is 1. The van der Waals surface area contributed by atoms with Crippen LogP contribution in [0, 0.1) is 11.8 Å². The molecule has 1 aromatic heterocycles. The Kier molecular flexibility index (Phi) is 5.79. The van der Waals surface area contributed by atoms with Crippen LogP contribution in [0.25, 0.3) is 11.0 Å². The van der Waals surface area contributed by atoms with Crippen LogP contribution < -0.4 is 4.90 Å². The molecule has 2 saturated heterocycles. The highest BCUT2D eigenvalue weighted by Gasteiger charge is 2.71. The SMILES string of the molecule is O=C1C2N(CCO)C(=O)[C@@H]3[C@@H]4C(=O)N(c5ccccc5)CC=C[C@@H]4O[C@]23C=CCN1Cn1nnc2ccccc21. The Morgan fingerprint density at radius 1 is 0.950 bits per heavy atom. The van der Waals surface area contributed by atoms with Crippen LogP contribution in [0.2, 0.25) is 0 Å². The first kappa shape index (κ1) is 24.7. The van der Waals surface area contributed by atoms with E-state index < -0.39 is 29.6 Å². The van der Waals surface area contributed by atoms with Crippen molar-refractivity contribution in [2.24, 2.45) is 11.8 Å². The van der Waals surface area contributed by atoms with Gasteiger partial charge >= 0.3 is 0 Å². The number of amides is 3. The summed E-state index contributed by atoms with van der Waals surface area (Å²) in [6.45, 7) is 0.362. The van der Waals surface area contributed by atoms with Crippen LogP contribution in [-0.2, 0) is 25.8 Å². The monoisotopic (exact) mass is 540 g/mol. The maximum absolute atomic E-state index is 14.3. The summed E-state index contributed by atoms with van der Waals surface area (Å²) >= 11 is 0. The van der Waals surface area contributed by atoms with E-state index in [0.29, 0.717) is 12.1 Å². The van der Waals surface area contributed by atoms with E-state index in [9.17, 15) is 19.5 Å². The minimum absolute atomic E-state index is 0.0470. The molecule has 40 heavy (non-hydrogen) atoms. The first-order chi connectivity index (χ1) is 19.5. The zero-order valence-electron chi connectivity index (χ0n) is 21.6. The molecule has 1 spiro atoms. The van der Waals surface area contributed by atoms with Crippen LogP contribution in [0.1, 0.15) is 0 Å². The highest BCUT2D eigenvalue weighted by Crippen LogP contribution is 2.53. The molecular formula is C29H28N6O5. The van der Waals surface area contributed by atoms with Gasteiger partial charge in [0.05, 0.1) is 30.1 Å². The summed E-state index contributed by atoms with van der Waals surface area (Å²) in [7, 11) is 0. The molecule has 4 aliphatic rings. The van der Waals surface area contributed by atoms with E-state index in [4.69, 9.17) is 4.74 Å². The van der Waals surface area contributed by atoms with Crippen molar-refractivity contribution < 1.29 is 24.2 Å². The fraction of sp³-hybridized carbons (Fsp3) is 0.345. The molecule has 1 N–H and O–H groups in total. The molecule has 0 aliphatic carbocycles. The van der Waals surface area contributed by atoms with Crippen LogP contribution in [0.4, 0.5) is 5.69 Å². The van der Waals surface area contributed by atoms with Crippen LogP contribution in [0.15, 0.2) is 78.9 Å². The number of nitrogens with zero attached hydrogens (tertiary/aromatic N) is 6. The van der Waals surface area contributed by atoms with Gasteiger partial charge in [-0.25, -0.2) is 4.68 Å². The number of carbonyl (C=O) groups is 3. The Labute approximate surface area is 229 Å². The molecule has 2 aromatic carbocycles. The zero-order valence-corrected chi connectivity index (χ0v) is 21.6. The highest BCUT2D eigenvalue weighted by atomic mass is 16.5. The number of likely N-dealkylation sites (tertiary alicyclic amines) is 1. The van der Waals surface area contributed by atoms with Crippen molar-refractivity contribution in [2.75, 3.05) is 31.1 Å². The standard InChI is InChI=1S/C29H28N6O5/c36-17-16-34-25-28(39)32(18-35-21-11-5-4-10-20(21)30-31-35)14-7-13-29(25)24(27(34)38)23-22(40-29)12-6-15-33(26(23)37)19-8-2-1-3-9-19/h1-13,22-25,36H,14-18H2/t22-,23+,24-,25?,29-/m0/s1. The van der Waals surface area contributed by atoms with Crippen molar-refractivity contribution in [3.05, 3.63) is 78.9 Å². The number of β-amino-alcohol motifs (C(OH)–C–C–N with tert-alkyl or cyclic N) is 1. The third-order valence-corrected chi connectivity index (χ3v) is 8.38. The number of anilines is 1. The van der Waals surface area contributed by atoms with Crippen molar-refractivity contribution in [2.45, 2.75) is 24.4 Å². The van der Waals surface area contributed by atoms with Gasteiger partial charge < -0.3 is 24.5 Å². The van der Waals surface area contributed by atoms with Gasteiger partial charge in [-0.2, -0.15) is 0 Å². The average Bonchev–Trinajstić information content (AvgIpc) is 3.52. The van der Waals surface area contributed by atoms with E-state index >= 15 is 0 Å². The molecule has 3 aromatic rings. The van der Waals surface area contributed by atoms with E-state index in [0.717, 1.165) is 11.2 Å². The Morgan fingerprint density at radius 3 is 2.58 bits per heavy atom. The molecule has 204 valence electrons. The second kappa shape index (κ2) is 9.39. The highest BCUT2D eigenvalue weighted by molar-refractivity contribution is 6.03. The number of para-hydroxylation sites is 2. The summed E-state index contributed by atoms with van der Waals surface area (Å²) in [5.41, 5.74) is 0.869. The van der Waals surface area contributed by atoms with E-state index in [1.165, 1.54) is 4.90 Å². The molecule has 11 nitrogen and oxygen atoms in total. The quantitative estimate of drug-likeness (QED) is 0.479. The predicted octanol–water partition coefficient (Wildman–Crippen LogP) is 0.963. The molecule has 5 atom stereocenters. The van der Waals surface area contributed by atoms with Crippen LogP contribution >= 0.6 is 0 Å². The third kappa shape index (κ3) is 3.54. The lowest BCUT2D eigenvalue weighted by molar-refractivity contribution is -0.148. The van der Waals surface area contributed by atoms with Crippen molar-refractivity contribution in [1.29, 1.82) is 0 Å². The molecule has 0 saturated carbocycles. The number of benzene rings is 2. The number of fused-ring (bicyclic) bond motifs is 3. The second-order valence-electron chi connectivity index (χ2n) is 10.5. The van der Waals surface area contributed by atoms with Crippen molar-refractivity contribution >= 4 is 34.4 Å². The lowest BCUT2D eigenvalue weighted by Gasteiger charge is -2.35. The average molecular weight is 541 g/mol. The Morgan fingerprint density at radius 2 is 1.75 bits per heavy atom. The molecule has 2 fully saturated rings. The van der Waals surface area contributed by atoms with Crippen LogP contribution in [0.5, 0.6) is 0 Å². The maximum Gasteiger partial charge on any atom is 0.250 e. The molecule has 7 rings (SSSR count). The topological polar surface area (TPSA) is 121 Å². The number of ether oxygens (including phenoxy) is 1. The molecule has 5 heterocycles. The molecule has 0 bridgehead atoms. The van der Waals surface area contributed by atoms with E-state index in [1.807, 2.05) is 72.8 Å². The van der Waals surface area contributed by atoms with Gasteiger partial charge in [-0.3, -0.25) is 14.4 Å². The number of aliphatic hydroxyl groups excluding tert-OH is 1. The summed E-state index contributed by atoms with van der Waals surface area (Å²) in [4.78, 5) is 47.0. The van der Waals surface area contributed by atoms with E-state index in [1.54, 1.807) is 20.6 Å². The first-order valence-electron chi connectivity index (χ1n) is 13.4. The third-order valence-electron chi connectivity index (χ3n) is 8.38. The summed E-state index contributed by atoms with van der Waals surface area (Å²) < 4.78 is 8.27. The molecule has 1 unspecified atom stereocenters. The summed E-state index contributed by atoms with van der Waals surface area (Å²) in [6.07, 6.45) is 6.66. The fourth-order valence-electron chi connectivity index (χ4n) is 6.68. The lowest BCUT2D eigenvalue weighted by atomic mass is 9.77. The van der Waals surface area contributed by atoms with Crippen molar-refractivity contribution in [1.82, 2.24) is 24.8 Å². The predicted molar refractivity (Wildman–Crippen MR) is 143 cm³/mol. The molecular weight excluding hydrogens is 512 g/mol. The van der Waals surface area contributed by atoms with Gasteiger partial charge in [0.2, 0.25) is 11.8 Å². The van der Waals surface area contributed by atoms with Crippen LogP contribution in [-0.4, -0.2) is 91.6 Å². The fourth-order valence-corrected chi connectivity index (χ4v) is 6.68. The molecule has 3 amide bonds. The zero-order chi connectivity index (χ0) is 27.4. The normalized spacial score (nSPS) is 29.5. The summed E-state index contributed by atoms with van der Waals surface area (Å²) in [5, 5.41) is 18.3. The number of carbonyl (C=O) groups excluding carboxylic acids is 3. The lowest BCUT2D eigenvalue weighted by Crippen LogP contribution is -2.55. The molecule has 4 aliphatic heterocycles. The Bertz CT molecular complexity index is 1550. The van der Waals surface area contributed by atoms with Gasteiger partial charge in [0, 0.05) is 25.3 Å². The van der Waals surface area contributed by atoms with Gasteiger partial charge in [0.25, 0.3) is 5.91 Å². The number of rotatable bonds is 5. The van der Waals surface area contributed by atoms with Crippen LogP contribution in [0.3, 0.4) is 0 Å². The van der Waals surface area contributed by atoms with Gasteiger partial charge in [0.15, 0.2) is 0 Å². The van der Waals surface area contributed by atoms with E-state index in [-0.39, 0.29) is 44.1 Å². The number of aromatic nitrogens is 3. The Hall–Kier alpha value is -4.35. The summed E-state index contributed by atoms with van der Waals surface area (Å²) in [6, 6.07) is 15.8. The Balaban J connectivity index is 1.27. The maximum atomic E-state index is 14.3. The van der Waals surface area contributed by atoms with Gasteiger partial charge in [-0.15, -0.1) is 5.10 Å². The van der Waals surface area contributed by atoms with Gasteiger partial charge in [-0.1, -0.05) is 59.8 Å². The second-order valence-corrected chi connectivity index (χ2v) is 10.5. The van der Waals surface area contributed by atoms with Crippen molar-refractivity contribution in [3.63, 3.8) is 0 Å². The van der Waals surface area contributed by atoms with Gasteiger partial charge in [0.1, 0.15) is 23.8 Å².